The molecule has 1 aromatic heterocycles. The van der Waals surface area contributed by atoms with Gasteiger partial charge >= 0.3 is 5.97 Å². The largest absolute Gasteiger partial charge is 0.462 e. The van der Waals surface area contributed by atoms with E-state index in [1.165, 1.54) is 36.5 Å². The Labute approximate surface area is 188 Å². The number of hydrogen-bond acceptors (Lipinski definition) is 7. The number of hydrogen-bond donors (Lipinski definition) is 3. The first-order valence-corrected chi connectivity index (χ1v) is 12.2. The maximum absolute atomic E-state index is 13.0. The van der Waals surface area contributed by atoms with Gasteiger partial charge in [-0.25, -0.2) is 13.2 Å². The number of carbonyl (C=O) groups is 3. The number of carbonyl (C=O) groups excluding carboxylic acids is 3. The molecular formula is C21H21N3O6S2. The molecule has 0 bridgehead atoms. The second-order valence-electron chi connectivity index (χ2n) is 6.85. The van der Waals surface area contributed by atoms with Gasteiger partial charge in [0.2, 0.25) is 15.9 Å². The smallest absolute Gasteiger partial charge is 0.348 e. The Balaban J connectivity index is 1.91. The van der Waals surface area contributed by atoms with E-state index in [9.17, 15) is 22.8 Å². The van der Waals surface area contributed by atoms with E-state index in [-0.39, 0.29) is 23.8 Å². The Morgan fingerprint density at radius 3 is 2.34 bits per heavy atom. The van der Waals surface area contributed by atoms with Gasteiger partial charge in [-0.3, -0.25) is 14.3 Å². The summed E-state index contributed by atoms with van der Waals surface area (Å²) in [4.78, 5) is 36.7. The standard InChI is InChI=1S/C21H21N3O6S2/c1-4-30-21(27)19-10-13-9-14(6-8-18(13)31-19)23-20(26)16-11-15(22-12(2)25)5-7-17(16)24-32(3,28)29/h5-11,24H,4H2,1-3H3,(H,22,25)(H,23,26). The van der Waals surface area contributed by atoms with Gasteiger partial charge in [-0.15, -0.1) is 11.3 Å². The Morgan fingerprint density at radius 2 is 1.69 bits per heavy atom. The maximum atomic E-state index is 13.0. The molecule has 0 aliphatic rings. The third-order valence-corrected chi connectivity index (χ3v) is 5.82. The third-order valence-electron chi connectivity index (χ3n) is 4.13. The molecule has 3 rings (SSSR count). The lowest BCUT2D eigenvalue weighted by Crippen LogP contribution is -2.18. The first kappa shape index (κ1) is 23.2. The van der Waals surface area contributed by atoms with E-state index in [2.05, 4.69) is 15.4 Å². The topological polar surface area (TPSA) is 131 Å². The van der Waals surface area contributed by atoms with E-state index in [1.54, 1.807) is 31.2 Å². The first-order valence-electron chi connectivity index (χ1n) is 9.47. The van der Waals surface area contributed by atoms with Crippen LogP contribution in [0.15, 0.2) is 42.5 Å². The number of rotatable bonds is 7. The summed E-state index contributed by atoms with van der Waals surface area (Å²) in [7, 11) is -3.64. The molecule has 2 aromatic carbocycles. The Morgan fingerprint density at radius 1 is 1.00 bits per heavy atom. The summed E-state index contributed by atoms with van der Waals surface area (Å²) in [5, 5.41) is 6.03. The second kappa shape index (κ2) is 9.37. The van der Waals surface area contributed by atoms with Crippen LogP contribution in [-0.4, -0.2) is 39.1 Å². The molecule has 1 heterocycles. The molecule has 0 spiro atoms. The summed E-state index contributed by atoms with van der Waals surface area (Å²) in [5.74, 6) is -1.32. The molecule has 0 saturated heterocycles. The molecule has 0 radical (unpaired) electrons. The van der Waals surface area contributed by atoms with Gasteiger partial charge in [0.05, 0.1) is 24.1 Å². The lowest BCUT2D eigenvalue weighted by Gasteiger charge is -2.13. The van der Waals surface area contributed by atoms with Crippen LogP contribution in [0.25, 0.3) is 10.1 Å². The summed E-state index contributed by atoms with van der Waals surface area (Å²) < 4.78 is 31.6. The van der Waals surface area contributed by atoms with Gasteiger partial charge in [-0.05, 0) is 54.8 Å². The molecule has 0 fully saturated rings. The number of nitrogens with one attached hydrogen (secondary N) is 3. The van der Waals surface area contributed by atoms with Crippen molar-refractivity contribution < 1.29 is 27.5 Å². The first-order chi connectivity index (χ1) is 15.1. The van der Waals surface area contributed by atoms with E-state index < -0.39 is 21.9 Å². The zero-order chi connectivity index (χ0) is 23.5. The molecule has 2 amide bonds. The van der Waals surface area contributed by atoms with Crippen LogP contribution in [-0.2, 0) is 19.6 Å². The van der Waals surface area contributed by atoms with Crippen LogP contribution in [0.2, 0.25) is 0 Å². The van der Waals surface area contributed by atoms with Crippen molar-refractivity contribution in [1.82, 2.24) is 0 Å². The minimum absolute atomic E-state index is 0.0271. The highest BCUT2D eigenvalue weighted by molar-refractivity contribution is 7.92. The highest BCUT2D eigenvalue weighted by Crippen LogP contribution is 2.29. The van der Waals surface area contributed by atoms with E-state index in [0.717, 1.165) is 16.3 Å². The van der Waals surface area contributed by atoms with E-state index in [0.29, 0.717) is 16.3 Å². The molecule has 0 unspecified atom stereocenters. The fourth-order valence-corrected chi connectivity index (χ4v) is 4.44. The van der Waals surface area contributed by atoms with Gasteiger partial charge in [-0.2, -0.15) is 0 Å². The van der Waals surface area contributed by atoms with Gasteiger partial charge in [0.15, 0.2) is 0 Å². The van der Waals surface area contributed by atoms with E-state index in [1.807, 2.05) is 0 Å². The predicted molar refractivity (Wildman–Crippen MR) is 125 cm³/mol. The van der Waals surface area contributed by atoms with Crippen LogP contribution in [0, 0.1) is 0 Å². The van der Waals surface area contributed by atoms with Crippen LogP contribution in [0.5, 0.6) is 0 Å². The van der Waals surface area contributed by atoms with Crippen molar-refractivity contribution in [3.63, 3.8) is 0 Å². The summed E-state index contributed by atoms with van der Waals surface area (Å²) in [6.45, 7) is 3.32. The van der Waals surface area contributed by atoms with Gasteiger partial charge in [0.25, 0.3) is 5.91 Å². The van der Waals surface area contributed by atoms with Crippen LogP contribution < -0.4 is 15.4 Å². The van der Waals surface area contributed by atoms with E-state index in [4.69, 9.17) is 4.74 Å². The van der Waals surface area contributed by atoms with Crippen molar-refractivity contribution in [1.29, 1.82) is 0 Å². The minimum Gasteiger partial charge on any atom is -0.462 e. The van der Waals surface area contributed by atoms with Gasteiger partial charge < -0.3 is 15.4 Å². The Hall–Kier alpha value is -3.44. The zero-order valence-corrected chi connectivity index (χ0v) is 19.1. The fourth-order valence-electron chi connectivity index (χ4n) is 2.92. The number of fused-ring (bicyclic) bond motifs is 1. The average Bonchev–Trinajstić information content (AvgIpc) is 3.11. The van der Waals surface area contributed by atoms with Gasteiger partial charge in [0.1, 0.15) is 4.88 Å². The minimum atomic E-state index is -3.64. The number of thiophene rings is 1. The highest BCUT2D eigenvalue weighted by Gasteiger charge is 2.17. The number of esters is 1. The maximum Gasteiger partial charge on any atom is 0.348 e. The number of anilines is 3. The van der Waals surface area contributed by atoms with Crippen molar-refractivity contribution in [2.75, 3.05) is 28.2 Å². The lowest BCUT2D eigenvalue weighted by molar-refractivity contribution is -0.114. The van der Waals surface area contributed by atoms with E-state index >= 15 is 0 Å². The van der Waals surface area contributed by atoms with Crippen molar-refractivity contribution >= 4 is 66.3 Å². The lowest BCUT2D eigenvalue weighted by atomic mass is 10.1. The van der Waals surface area contributed by atoms with Crippen molar-refractivity contribution in [2.45, 2.75) is 13.8 Å². The summed E-state index contributed by atoms with van der Waals surface area (Å²) in [6.07, 6.45) is 0.974. The normalized spacial score (nSPS) is 11.1. The summed E-state index contributed by atoms with van der Waals surface area (Å²) in [6, 6.07) is 11.1. The molecule has 3 aromatic rings. The number of benzene rings is 2. The van der Waals surface area contributed by atoms with Crippen LogP contribution >= 0.6 is 11.3 Å². The molecular weight excluding hydrogens is 454 g/mol. The SMILES string of the molecule is CCOC(=O)c1cc2cc(NC(=O)c3cc(NC(C)=O)ccc3NS(C)(=O)=O)ccc2s1. The molecule has 0 aliphatic carbocycles. The summed E-state index contributed by atoms with van der Waals surface area (Å²) >= 11 is 1.28. The molecule has 9 nitrogen and oxygen atoms in total. The Kier molecular flexibility index (Phi) is 6.80. The Bertz CT molecular complexity index is 1310. The molecule has 168 valence electrons. The quantitative estimate of drug-likeness (QED) is 0.447. The molecule has 11 heteroatoms. The number of ether oxygens (including phenoxy) is 1. The predicted octanol–water partition coefficient (Wildman–Crippen LogP) is 3.66. The van der Waals surface area contributed by atoms with Crippen molar-refractivity contribution in [2.24, 2.45) is 0 Å². The second-order valence-corrected chi connectivity index (χ2v) is 9.69. The third kappa shape index (κ3) is 5.83. The molecule has 0 aliphatic heterocycles. The zero-order valence-electron chi connectivity index (χ0n) is 17.5. The number of sulfonamides is 1. The van der Waals surface area contributed by atoms with Crippen molar-refractivity contribution in [3.8, 4) is 0 Å². The molecule has 0 atom stereocenters. The summed E-state index contributed by atoms with van der Waals surface area (Å²) in [5.41, 5.74) is 0.889. The molecule has 0 saturated carbocycles. The van der Waals surface area contributed by atoms with Gasteiger partial charge in [0, 0.05) is 23.0 Å². The highest BCUT2D eigenvalue weighted by atomic mass is 32.2. The van der Waals surface area contributed by atoms with Crippen LogP contribution in [0.3, 0.4) is 0 Å². The fraction of sp³-hybridized carbons (Fsp3) is 0.190. The van der Waals surface area contributed by atoms with Crippen LogP contribution in [0.1, 0.15) is 33.9 Å². The number of amides is 2. The molecule has 3 N–H and O–H groups in total. The average molecular weight is 476 g/mol. The van der Waals surface area contributed by atoms with Crippen LogP contribution in [0.4, 0.5) is 17.1 Å². The monoisotopic (exact) mass is 475 g/mol. The van der Waals surface area contributed by atoms with Crippen molar-refractivity contribution in [3.05, 3.63) is 52.9 Å². The van der Waals surface area contributed by atoms with Gasteiger partial charge in [-0.1, -0.05) is 0 Å². The molecule has 32 heavy (non-hydrogen) atoms.